The highest BCUT2D eigenvalue weighted by Crippen LogP contribution is 2.12. The number of hydrogen-bond acceptors (Lipinski definition) is 2. The van der Waals surface area contributed by atoms with Gasteiger partial charge >= 0.3 is 0 Å². The molecule has 0 spiro atoms. The highest BCUT2D eigenvalue weighted by Gasteiger charge is 2.03. The number of fused-ring (bicyclic) bond motifs is 1. The highest BCUT2D eigenvalue weighted by molar-refractivity contribution is 5.74. The van der Waals surface area contributed by atoms with Crippen molar-refractivity contribution in [2.75, 3.05) is 13.1 Å². The van der Waals surface area contributed by atoms with E-state index in [4.69, 9.17) is 0 Å². The first-order chi connectivity index (χ1) is 8.65. The number of rotatable bonds is 6. The third kappa shape index (κ3) is 3.53. The maximum Gasteiger partial charge on any atom is 0.125 e. The second-order valence-corrected chi connectivity index (χ2v) is 5.03. The van der Waals surface area contributed by atoms with Gasteiger partial charge in [-0.2, -0.15) is 0 Å². The molecule has 1 aromatic carbocycles. The molecule has 0 aliphatic heterocycles. The second-order valence-electron chi connectivity index (χ2n) is 5.03. The van der Waals surface area contributed by atoms with Crippen LogP contribution < -0.4 is 5.32 Å². The Hall–Kier alpha value is -1.42. The Labute approximate surface area is 107 Å². The third-order valence-electron chi connectivity index (χ3n) is 2.93. The lowest BCUT2D eigenvalue weighted by atomic mass is 10.1. The Bertz CT molecular complexity index is 505. The second kappa shape index (κ2) is 5.96. The number of imidazole rings is 1. The third-order valence-corrected chi connectivity index (χ3v) is 2.93. The van der Waals surface area contributed by atoms with Gasteiger partial charge in [-0.15, -0.1) is 0 Å². The number of nitrogens with zero attached hydrogens (tertiary/aromatic N) is 1. The molecular weight excluding hydrogens is 229 g/mol. The summed E-state index contributed by atoms with van der Waals surface area (Å²) in [5.74, 6) is 1.41. The van der Waals surface area contributed by atoms with Crippen molar-refractivity contribution in [2.24, 2.45) is 5.92 Å². The zero-order chi connectivity index (χ0) is 13.0. The summed E-state index contributed by atoms with van der Waals surface area (Å²) in [6.07, 6.45) is 2.03. The number of H-pyrrole nitrogens is 1. The Balaban J connectivity index is 1.84. The van der Waals surface area contributed by atoms with E-state index in [1.165, 1.54) is 18.6 Å². The molecule has 3 nitrogen and oxygen atoms in total. The lowest BCUT2D eigenvalue weighted by Gasteiger charge is -2.05. The van der Waals surface area contributed by atoms with Crippen molar-refractivity contribution in [3.63, 3.8) is 0 Å². The number of aromatic amines is 1. The van der Waals surface area contributed by atoms with Gasteiger partial charge in [0.1, 0.15) is 11.6 Å². The molecule has 0 saturated heterocycles. The standard InChI is InChI=1S/C14H20FN3/c1-10(2)5-7-16-8-6-14-17-12-4-3-11(15)9-13(12)18-14/h3-4,9-10,16H,5-8H2,1-2H3,(H,17,18). The molecule has 0 aliphatic carbocycles. The van der Waals surface area contributed by atoms with Gasteiger partial charge in [0, 0.05) is 13.0 Å². The lowest BCUT2D eigenvalue weighted by Crippen LogP contribution is -2.20. The average molecular weight is 249 g/mol. The summed E-state index contributed by atoms with van der Waals surface area (Å²) >= 11 is 0. The summed E-state index contributed by atoms with van der Waals surface area (Å²) in [7, 11) is 0. The first-order valence-electron chi connectivity index (χ1n) is 6.50. The minimum atomic E-state index is -0.229. The van der Waals surface area contributed by atoms with Crippen molar-refractivity contribution < 1.29 is 4.39 Å². The van der Waals surface area contributed by atoms with E-state index in [9.17, 15) is 4.39 Å². The lowest BCUT2D eigenvalue weighted by molar-refractivity contribution is 0.537. The van der Waals surface area contributed by atoms with E-state index < -0.39 is 0 Å². The minimum Gasteiger partial charge on any atom is -0.342 e. The van der Waals surface area contributed by atoms with Crippen LogP contribution in [0.3, 0.4) is 0 Å². The summed E-state index contributed by atoms with van der Waals surface area (Å²) in [6.45, 7) is 6.37. The molecule has 18 heavy (non-hydrogen) atoms. The number of benzene rings is 1. The van der Waals surface area contributed by atoms with Gasteiger partial charge in [-0.25, -0.2) is 9.37 Å². The van der Waals surface area contributed by atoms with Crippen molar-refractivity contribution >= 4 is 11.0 Å². The van der Waals surface area contributed by atoms with E-state index in [2.05, 4.69) is 29.1 Å². The van der Waals surface area contributed by atoms with Crippen LogP contribution in [0.25, 0.3) is 11.0 Å². The van der Waals surface area contributed by atoms with Gasteiger partial charge in [0.05, 0.1) is 11.0 Å². The number of nitrogens with one attached hydrogen (secondary N) is 2. The Morgan fingerprint density at radius 3 is 2.94 bits per heavy atom. The van der Waals surface area contributed by atoms with E-state index in [1.807, 2.05) is 0 Å². The Kier molecular flexibility index (Phi) is 4.31. The molecule has 0 bridgehead atoms. The fraction of sp³-hybridized carbons (Fsp3) is 0.500. The van der Waals surface area contributed by atoms with Crippen molar-refractivity contribution in [3.8, 4) is 0 Å². The quantitative estimate of drug-likeness (QED) is 0.773. The summed E-state index contributed by atoms with van der Waals surface area (Å²) in [4.78, 5) is 7.57. The Morgan fingerprint density at radius 2 is 2.17 bits per heavy atom. The van der Waals surface area contributed by atoms with Crippen molar-refractivity contribution in [2.45, 2.75) is 26.7 Å². The van der Waals surface area contributed by atoms with Gasteiger partial charge < -0.3 is 10.3 Å². The Morgan fingerprint density at radius 1 is 1.33 bits per heavy atom. The van der Waals surface area contributed by atoms with Crippen LogP contribution in [0.4, 0.5) is 4.39 Å². The van der Waals surface area contributed by atoms with Crippen LogP contribution in [0.1, 0.15) is 26.1 Å². The van der Waals surface area contributed by atoms with E-state index in [1.54, 1.807) is 6.07 Å². The fourth-order valence-electron chi connectivity index (χ4n) is 1.88. The summed E-state index contributed by atoms with van der Waals surface area (Å²) in [6, 6.07) is 4.63. The van der Waals surface area contributed by atoms with Crippen LogP contribution >= 0.6 is 0 Å². The molecule has 98 valence electrons. The number of halogens is 1. The highest BCUT2D eigenvalue weighted by atomic mass is 19.1. The monoisotopic (exact) mass is 249 g/mol. The van der Waals surface area contributed by atoms with Crippen molar-refractivity contribution in [1.29, 1.82) is 0 Å². The topological polar surface area (TPSA) is 40.7 Å². The molecule has 1 aromatic heterocycles. The van der Waals surface area contributed by atoms with Crippen LogP contribution in [0.5, 0.6) is 0 Å². The molecule has 0 radical (unpaired) electrons. The normalized spacial score (nSPS) is 11.6. The maximum absolute atomic E-state index is 13.0. The van der Waals surface area contributed by atoms with Crippen LogP contribution in [-0.2, 0) is 6.42 Å². The van der Waals surface area contributed by atoms with Crippen molar-refractivity contribution in [1.82, 2.24) is 15.3 Å². The summed E-state index contributed by atoms with van der Waals surface area (Å²) in [5.41, 5.74) is 1.60. The predicted octanol–water partition coefficient (Wildman–Crippen LogP) is 2.88. The molecule has 2 N–H and O–H groups in total. The zero-order valence-electron chi connectivity index (χ0n) is 11.0. The largest absolute Gasteiger partial charge is 0.342 e. The van der Waals surface area contributed by atoms with Gasteiger partial charge in [0.25, 0.3) is 0 Å². The van der Waals surface area contributed by atoms with Gasteiger partial charge in [-0.05, 0) is 37.1 Å². The molecule has 2 aromatic rings. The van der Waals surface area contributed by atoms with Gasteiger partial charge in [-0.3, -0.25) is 0 Å². The molecule has 4 heteroatoms. The van der Waals surface area contributed by atoms with Gasteiger partial charge in [-0.1, -0.05) is 13.8 Å². The van der Waals surface area contributed by atoms with E-state index in [0.717, 1.165) is 42.3 Å². The van der Waals surface area contributed by atoms with Gasteiger partial charge in [0.15, 0.2) is 0 Å². The summed E-state index contributed by atoms with van der Waals surface area (Å²) < 4.78 is 13.0. The van der Waals surface area contributed by atoms with Crippen LogP contribution in [0.15, 0.2) is 18.2 Å². The average Bonchev–Trinajstić information content (AvgIpc) is 2.70. The van der Waals surface area contributed by atoms with E-state index in [0.29, 0.717) is 0 Å². The summed E-state index contributed by atoms with van der Waals surface area (Å²) in [5, 5.41) is 3.39. The molecule has 1 heterocycles. The van der Waals surface area contributed by atoms with Crippen molar-refractivity contribution in [3.05, 3.63) is 29.8 Å². The molecule has 0 atom stereocenters. The first-order valence-corrected chi connectivity index (χ1v) is 6.50. The molecule has 0 amide bonds. The fourth-order valence-corrected chi connectivity index (χ4v) is 1.88. The van der Waals surface area contributed by atoms with Crippen LogP contribution in [0.2, 0.25) is 0 Å². The molecule has 0 fully saturated rings. The first kappa shape index (κ1) is 13.0. The van der Waals surface area contributed by atoms with Crippen LogP contribution in [-0.4, -0.2) is 23.1 Å². The molecule has 0 saturated carbocycles. The molecule has 0 aliphatic rings. The minimum absolute atomic E-state index is 0.229. The smallest absolute Gasteiger partial charge is 0.125 e. The number of hydrogen-bond donors (Lipinski definition) is 2. The SMILES string of the molecule is CC(C)CCNCCc1nc2ccc(F)cc2[nH]1. The van der Waals surface area contributed by atoms with Gasteiger partial charge in [0.2, 0.25) is 0 Å². The molecule has 2 rings (SSSR count). The number of aromatic nitrogens is 2. The molecule has 0 unspecified atom stereocenters. The zero-order valence-corrected chi connectivity index (χ0v) is 11.0. The van der Waals surface area contributed by atoms with E-state index >= 15 is 0 Å². The van der Waals surface area contributed by atoms with Crippen LogP contribution in [0, 0.1) is 11.7 Å². The molecular formula is C14H20FN3. The maximum atomic E-state index is 13.0. The predicted molar refractivity (Wildman–Crippen MR) is 72.1 cm³/mol. The van der Waals surface area contributed by atoms with E-state index in [-0.39, 0.29) is 5.82 Å².